The third kappa shape index (κ3) is 4.96. The fourth-order valence-electron chi connectivity index (χ4n) is 2.71. The number of nitrogens with zero attached hydrogens (tertiary/aromatic N) is 1. The highest BCUT2D eigenvalue weighted by Gasteiger charge is 2.28. The van der Waals surface area contributed by atoms with E-state index >= 15 is 0 Å². The van der Waals surface area contributed by atoms with Crippen molar-refractivity contribution in [1.82, 2.24) is 10.2 Å². The van der Waals surface area contributed by atoms with E-state index in [0.717, 1.165) is 10.0 Å². The number of hydrogen-bond donors (Lipinski definition) is 1. The van der Waals surface area contributed by atoms with Crippen molar-refractivity contribution >= 4 is 27.9 Å². The number of rotatable bonds is 4. The van der Waals surface area contributed by atoms with Crippen molar-refractivity contribution in [3.63, 3.8) is 0 Å². The molecule has 2 amide bonds. The summed E-state index contributed by atoms with van der Waals surface area (Å²) in [6.45, 7) is 5.30. The van der Waals surface area contributed by atoms with E-state index in [9.17, 15) is 9.59 Å². The first-order valence-electron chi connectivity index (χ1n) is 7.98. The summed E-state index contributed by atoms with van der Waals surface area (Å²) < 4.78 is 6.01. The molecular weight excluding hydrogens is 360 g/mol. The van der Waals surface area contributed by atoms with E-state index in [1.165, 1.54) is 0 Å². The van der Waals surface area contributed by atoms with Gasteiger partial charge in [-0.2, -0.15) is 0 Å². The predicted molar refractivity (Wildman–Crippen MR) is 92.0 cm³/mol. The molecule has 0 aromatic heterocycles. The molecule has 0 aliphatic carbocycles. The van der Waals surface area contributed by atoms with Gasteiger partial charge < -0.3 is 15.0 Å². The van der Waals surface area contributed by atoms with Gasteiger partial charge in [-0.25, -0.2) is 4.79 Å². The second-order valence-corrected chi connectivity index (χ2v) is 6.66. The van der Waals surface area contributed by atoms with Gasteiger partial charge >= 0.3 is 6.09 Å². The van der Waals surface area contributed by atoms with E-state index in [4.69, 9.17) is 4.74 Å². The number of hydrogen-bond acceptors (Lipinski definition) is 3. The average molecular weight is 383 g/mol. The van der Waals surface area contributed by atoms with Crippen LogP contribution in [0.15, 0.2) is 28.7 Å². The van der Waals surface area contributed by atoms with Gasteiger partial charge in [-0.1, -0.05) is 28.1 Å². The summed E-state index contributed by atoms with van der Waals surface area (Å²) in [5, 5.41) is 3.07. The minimum Gasteiger partial charge on any atom is -0.450 e. The molecule has 1 atom stereocenters. The van der Waals surface area contributed by atoms with E-state index in [2.05, 4.69) is 21.2 Å². The Morgan fingerprint density at radius 3 is 2.48 bits per heavy atom. The summed E-state index contributed by atoms with van der Waals surface area (Å²) in [6, 6.07) is 7.90. The molecular formula is C17H23BrN2O3. The molecule has 0 spiro atoms. The normalized spacial score (nSPS) is 16.7. The highest BCUT2D eigenvalue weighted by atomic mass is 79.9. The van der Waals surface area contributed by atoms with E-state index in [-0.39, 0.29) is 24.0 Å². The zero-order chi connectivity index (χ0) is 16.8. The SMILES string of the molecule is CCOC(=O)N1CCC(C(=O)NC(C)c2ccc(Br)cc2)CC1. The van der Waals surface area contributed by atoms with Crippen molar-refractivity contribution in [3.05, 3.63) is 34.3 Å². The summed E-state index contributed by atoms with van der Waals surface area (Å²) in [4.78, 5) is 25.7. The monoisotopic (exact) mass is 382 g/mol. The van der Waals surface area contributed by atoms with Crippen molar-refractivity contribution in [1.29, 1.82) is 0 Å². The van der Waals surface area contributed by atoms with Gasteiger partial charge in [-0.05, 0) is 44.4 Å². The smallest absolute Gasteiger partial charge is 0.409 e. The second kappa shape index (κ2) is 8.34. The van der Waals surface area contributed by atoms with Gasteiger partial charge in [0.15, 0.2) is 0 Å². The molecule has 1 aliphatic rings. The number of likely N-dealkylation sites (tertiary alicyclic amines) is 1. The van der Waals surface area contributed by atoms with Gasteiger partial charge in [0.1, 0.15) is 0 Å². The van der Waals surface area contributed by atoms with Crippen LogP contribution >= 0.6 is 15.9 Å². The number of nitrogens with one attached hydrogen (secondary N) is 1. The van der Waals surface area contributed by atoms with Gasteiger partial charge in [-0.15, -0.1) is 0 Å². The lowest BCUT2D eigenvalue weighted by Crippen LogP contribution is -2.43. The van der Waals surface area contributed by atoms with E-state index in [1.807, 2.05) is 31.2 Å². The van der Waals surface area contributed by atoms with Gasteiger partial charge in [0.05, 0.1) is 12.6 Å². The quantitative estimate of drug-likeness (QED) is 0.866. The van der Waals surface area contributed by atoms with Crippen molar-refractivity contribution in [2.75, 3.05) is 19.7 Å². The standard InChI is InChI=1S/C17H23BrN2O3/c1-3-23-17(22)20-10-8-14(9-11-20)16(21)19-12(2)13-4-6-15(18)7-5-13/h4-7,12,14H,3,8-11H2,1-2H3,(H,19,21). The van der Waals surface area contributed by atoms with Crippen LogP contribution in [-0.2, 0) is 9.53 Å². The van der Waals surface area contributed by atoms with Crippen LogP contribution in [0.2, 0.25) is 0 Å². The summed E-state index contributed by atoms with van der Waals surface area (Å²) in [6.07, 6.45) is 1.07. The van der Waals surface area contributed by atoms with Gasteiger partial charge in [-0.3, -0.25) is 4.79 Å². The maximum absolute atomic E-state index is 12.4. The fraction of sp³-hybridized carbons (Fsp3) is 0.529. The zero-order valence-electron chi connectivity index (χ0n) is 13.5. The predicted octanol–water partition coefficient (Wildman–Crippen LogP) is 3.49. The summed E-state index contributed by atoms with van der Waals surface area (Å²) in [5.41, 5.74) is 1.07. The highest BCUT2D eigenvalue weighted by Crippen LogP contribution is 2.21. The first-order valence-corrected chi connectivity index (χ1v) is 8.78. The molecule has 2 rings (SSSR count). The zero-order valence-corrected chi connectivity index (χ0v) is 15.1. The number of carbonyl (C=O) groups is 2. The highest BCUT2D eigenvalue weighted by molar-refractivity contribution is 9.10. The lowest BCUT2D eigenvalue weighted by Gasteiger charge is -2.31. The largest absolute Gasteiger partial charge is 0.450 e. The lowest BCUT2D eigenvalue weighted by molar-refractivity contribution is -0.127. The van der Waals surface area contributed by atoms with Gasteiger partial charge in [0, 0.05) is 23.5 Å². The van der Waals surface area contributed by atoms with Crippen LogP contribution in [-0.4, -0.2) is 36.6 Å². The Labute approximate surface area is 145 Å². The minimum absolute atomic E-state index is 0.0290. The first-order chi connectivity index (χ1) is 11.0. The van der Waals surface area contributed by atoms with E-state index < -0.39 is 0 Å². The van der Waals surface area contributed by atoms with Crippen LogP contribution in [0.25, 0.3) is 0 Å². The number of amides is 2. The molecule has 1 unspecified atom stereocenters. The number of halogens is 1. The van der Waals surface area contributed by atoms with Crippen LogP contribution in [0.1, 0.15) is 38.3 Å². The number of carbonyl (C=O) groups excluding carboxylic acids is 2. The Kier molecular flexibility index (Phi) is 6.45. The van der Waals surface area contributed by atoms with Crippen molar-refractivity contribution < 1.29 is 14.3 Å². The molecule has 1 N–H and O–H groups in total. The molecule has 1 aliphatic heterocycles. The molecule has 5 nitrogen and oxygen atoms in total. The molecule has 1 fully saturated rings. The van der Waals surface area contributed by atoms with Crippen LogP contribution in [0, 0.1) is 5.92 Å². The molecule has 1 saturated heterocycles. The Bertz CT molecular complexity index is 539. The van der Waals surface area contributed by atoms with Crippen LogP contribution in [0.5, 0.6) is 0 Å². The molecule has 23 heavy (non-hydrogen) atoms. The number of benzene rings is 1. The molecule has 0 radical (unpaired) electrons. The Balaban J connectivity index is 1.83. The van der Waals surface area contributed by atoms with E-state index in [0.29, 0.717) is 32.5 Å². The molecule has 0 bridgehead atoms. The topological polar surface area (TPSA) is 58.6 Å². The van der Waals surface area contributed by atoms with Gasteiger partial charge in [0.2, 0.25) is 5.91 Å². The third-order valence-electron chi connectivity index (χ3n) is 4.12. The summed E-state index contributed by atoms with van der Waals surface area (Å²) in [7, 11) is 0. The molecule has 126 valence electrons. The average Bonchev–Trinajstić information content (AvgIpc) is 2.55. The summed E-state index contributed by atoms with van der Waals surface area (Å²) >= 11 is 3.41. The van der Waals surface area contributed by atoms with Gasteiger partial charge in [0.25, 0.3) is 0 Å². The minimum atomic E-state index is -0.283. The first kappa shape index (κ1) is 17.8. The molecule has 1 aromatic rings. The van der Waals surface area contributed by atoms with Crippen LogP contribution in [0.4, 0.5) is 4.79 Å². The Morgan fingerprint density at radius 1 is 1.30 bits per heavy atom. The van der Waals surface area contributed by atoms with E-state index in [1.54, 1.807) is 11.8 Å². The molecule has 0 saturated carbocycles. The maximum Gasteiger partial charge on any atom is 0.409 e. The molecule has 6 heteroatoms. The summed E-state index contributed by atoms with van der Waals surface area (Å²) in [5.74, 6) is 0.0162. The number of piperidine rings is 1. The van der Waals surface area contributed by atoms with Crippen molar-refractivity contribution in [2.24, 2.45) is 5.92 Å². The van der Waals surface area contributed by atoms with Crippen LogP contribution < -0.4 is 5.32 Å². The van der Waals surface area contributed by atoms with Crippen molar-refractivity contribution in [2.45, 2.75) is 32.7 Å². The number of ether oxygens (including phenoxy) is 1. The van der Waals surface area contributed by atoms with Crippen molar-refractivity contribution in [3.8, 4) is 0 Å². The Hall–Kier alpha value is -1.56. The molecule has 1 heterocycles. The molecule has 1 aromatic carbocycles. The Morgan fingerprint density at radius 2 is 1.91 bits per heavy atom. The van der Waals surface area contributed by atoms with Crippen LogP contribution in [0.3, 0.4) is 0 Å². The fourth-order valence-corrected chi connectivity index (χ4v) is 2.97. The second-order valence-electron chi connectivity index (χ2n) is 5.74. The third-order valence-corrected chi connectivity index (χ3v) is 4.65. The lowest BCUT2D eigenvalue weighted by atomic mass is 9.95. The maximum atomic E-state index is 12.4.